The molecule has 0 saturated carbocycles. The van der Waals surface area contributed by atoms with Gasteiger partial charge in [-0.25, -0.2) is 0 Å². The second-order valence-corrected chi connectivity index (χ2v) is 11.2. The predicted molar refractivity (Wildman–Crippen MR) is 169 cm³/mol. The maximum absolute atomic E-state index is 9.44. The van der Waals surface area contributed by atoms with Gasteiger partial charge >= 0.3 is 20.8 Å². The van der Waals surface area contributed by atoms with Crippen LogP contribution in [0, 0.1) is 0 Å². The quantitative estimate of drug-likeness (QED) is 0.0728. The Morgan fingerprint density at radius 3 is 1.26 bits per heavy atom. The summed E-state index contributed by atoms with van der Waals surface area (Å²) in [4.78, 5) is 16.5. The third-order valence-electron chi connectivity index (χ3n) is 4.49. The van der Waals surface area contributed by atoms with Crippen molar-refractivity contribution in [3.05, 3.63) is 58.6 Å². The first-order valence-corrected chi connectivity index (χ1v) is 15.5. The molecule has 21 heteroatoms. The maximum atomic E-state index is 9.44. The lowest BCUT2D eigenvalue weighted by molar-refractivity contribution is 0.344. The topological polar surface area (TPSA) is 296 Å². The molecule has 0 aromatic heterocycles. The summed E-state index contributed by atoms with van der Waals surface area (Å²) in [5.74, 6) is 0.564. The number of nitrogens with zero attached hydrogens (tertiary/aromatic N) is 4. The summed E-state index contributed by atoms with van der Waals surface area (Å²) in [7, 11) is -10.2. The summed E-state index contributed by atoms with van der Waals surface area (Å²) in [5, 5.41) is 7.11. The van der Waals surface area contributed by atoms with E-state index in [0.717, 1.165) is 37.1 Å². The molecule has 0 aliphatic rings. The van der Waals surface area contributed by atoms with E-state index >= 15 is 0 Å². The molecule has 43 heavy (non-hydrogen) atoms. The van der Waals surface area contributed by atoms with Crippen LogP contribution in [0.1, 0.15) is 25.7 Å². The van der Waals surface area contributed by atoms with E-state index in [1.807, 2.05) is 0 Å². The van der Waals surface area contributed by atoms with E-state index in [4.69, 9.17) is 55.2 Å². The van der Waals surface area contributed by atoms with Crippen molar-refractivity contribution in [2.24, 2.45) is 42.9 Å². The molecule has 2 aromatic carbocycles. The summed E-state index contributed by atoms with van der Waals surface area (Å²) >= 11 is 11.7. The van der Waals surface area contributed by atoms with E-state index in [-0.39, 0.29) is 23.8 Å². The van der Waals surface area contributed by atoms with Gasteiger partial charge in [-0.2, -0.15) is 26.8 Å². The summed E-state index contributed by atoms with van der Waals surface area (Å²) in [6.45, 7) is 1.12. The zero-order valence-corrected chi connectivity index (χ0v) is 25.6. The Hall–Kier alpha value is -3.72. The Labute approximate surface area is 259 Å². The number of hydrogen-bond donors (Lipinski definition) is 8. The van der Waals surface area contributed by atoms with E-state index in [1.54, 1.807) is 48.5 Å². The van der Waals surface area contributed by atoms with Gasteiger partial charge in [0, 0.05) is 34.5 Å². The fraction of sp³-hybridized carbons (Fsp3) is 0.273. The summed E-state index contributed by atoms with van der Waals surface area (Å²) in [6.07, 6.45) is 3.68. The first kappa shape index (κ1) is 37.3. The number of rotatable bonds is 11. The molecular formula is C22H32Cl2N10O7S2. The molecule has 0 aliphatic heterocycles. The van der Waals surface area contributed by atoms with Crippen LogP contribution < -0.4 is 33.6 Å². The highest BCUT2D eigenvalue weighted by atomic mass is 35.5. The van der Waals surface area contributed by atoms with Crippen molar-refractivity contribution < 1.29 is 29.6 Å². The van der Waals surface area contributed by atoms with Crippen LogP contribution in [0.15, 0.2) is 68.5 Å². The minimum atomic E-state index is -5.12. The normalized spacial score (nSPS) is 13.2. The Kier molecular flexibility index (Phi) is 16.3. The highest BCUT2D eigenvalue weighted by molar-refractivity contribution is 7.94. The van der Waals surface area contributed by atoms with Crippen molar-refractivity contribution in [2.45, 2.75) is 25.7 Å². The van der Waals surface area contributed by atoms with Gasteiger partial charge in [0.1, 0.15) is 0 Å². The molecule has 0 amide bonds. The van der Waals surface area contributed by atoms with Gasteiger partial charge in [-0.15, -0.1) is 3.63 Å². The number of nitrogens with two attached hydrogens (primary N) is 4. The Morgan fingerprint density at radius 2 is 0.977 bits per heavy atom. The highest BCUT2D eigenvalue weighted by Gasteiger charge is 2.15. The smallest absolute Gasteiger partial charge is 0.369 e. The van der Waals surface area contributed by atoms with Crippen LogP contribution in [0.4, 0.5) is 11.4 Å². The van der Waals surface area contributed by atoms with E-state index in [2.05, 4.69) is 34.2 Å². The molecule has 0 saturated heterocycles. The molecule has 0 atom stereocenters. The van der Waals surface area contributed by atoms with Crippen molar-refractivity contribution in [3.8, 4) is 0 Å². The van der Waals surface area contributed by atoms with Gasteiger partial charge in [-0.3, -0.25) is 19.1 Å². The predicted octanol–water partition coefficient (Wildman–Crippen LogP) is 1.95. The number of nitrogens with one attached hydrogen (secondary N) is 2. The second-order valence-electron chi connectivity index (χ2n) is 8.08. The zero-order chi connectivity index (χ0) is 32.5. The van der Waals surface area contributed by atoms with Crippen molar-refractivity contribution in [1.29, 1.82) is 0 Å². The standard InChI is InChI=1S/C22H30Cl2N10.H2O7S2/c23-15-5-9-17(10-6-15)31-21(27)33-19(25)29-13-3-1-2-4-14-30-20(26)34-22(28)32-18-11-7-16(24)8-12-18;1-8(2,3)7-9(4,5)6/h5-12H,1-4,13-14H2,(H5,25,27,29,31,33)(H5,26,28,30,32,34);(H,1,2,3)(H,4,5,6). The molecule has 2 rings (SSSR count). The average molecular weight is 684 g/mol. The minimum Gasteiger partial charge on any atom is -0.369 e. The lowest BCUT2D eigenvalue weighted by Gasteiger charge is -2.05. The Bertz CT molecular complexity index is 1390. The molecule has 17 nitrogen and oxygen atoms in total. The Balaban J connectivity index is 0.000000887. The van der Waals surface area contributed by atoms with Crippen molar-refractivity contribution in [2.75, 3.05) is 23.7 Å². The summed E-state index contributed by atoms with van der Waals surface area (Å²) in [5.41, 5.74) is 24.8. The molecule has 238 valence electrons. The largest absolute Gasteiger partial charge is 0.413 e. The number of aliphatic imine (C=N–C) groups is 4. The first-order chi connectivity index (χ1) is 20.0. The fourth-order valence-corrected chi connectivity index (χ4v) is 3.93. The summed E-state index contributed by atoms with van der Waals surface area (Å²) in [6, 6.07) is 14.1. The number of benzene rings is 2. The van der Waals surface area contributed by atoms with E-state index in [1.165, 1.54) is 0 Å². The maximum Gasteiger partial charge on any atom is 0.413 e. The van der Waals surface area contributed by atoms with Gasteiger partial charge in [-0.05, 0) is 61.4 Å². The van der Waals surface area contributed by atoms with Crippen LogP contribution in [0.2, 0.25) is 10.0 Å². The SMILES string of the molecule is NC(=NCCCCCCN=C(N)N=C(N)Nc1ccc(Cl)cc1)N=C(N)Nc1ccc(Cl)cc1.O=S(=O)(O)OS(=O)(=O)O. The van der Waals surface area contributed by atoms with Crippen molar-refractivity contribution >= 4 is 79.2 Å². The molecule has 2 aromatic rings. The number of halogens is 2. The molecule has 0 bridgehead atoms. The molecule has 0 unspecified atom stereocenters. The van der Waals surface area contributed by atoms with Gasteiger partial charge in [0.25, 0.3) is 0 Å². The van der Waals surface area contributed by atoms with Crippen LogP contribution in [0.5, 0.6) is 0 Å². The van der Waals surface area contributed by atoms with E-state index in [9.17, 15) is 16.8 Å². The van der Waals surface area contributed by atoms with Crippen LogP contribution in [0.25, 0.3) is 0 Å². The third-order valence-corrected chi connectivity index (χ3v) is 6.37. The first-order valence-electron chi connectivity index (χ1n) is 12.0. The number of anilines is 2. The third kappa shape index (κ3) is 20.7. The molecule has 0 radical (unpaired) electrons. The van der Waals surface area contributed by atoms with E-state index < -0.39 is 20.8 Å². The summed E-state index contributed by atoms with van der Waals surface area (Å²) < 4.78 is 55.6. The molecule has 0 fully saturated rings. The fourth-order valence-electron chi connectivity index (χ4n) is 2.81. The van der Waals surface area contributed by atoms with Crippen molar-refractivity contribution in [3.63, 3.8) is 0 Å². The van der Waals surface area contributed by atoms with Crippen LogP contribution in [-0.4, -0.2) is 62.9 Å². The van der Waals surface area contributed by atoms with Crippen LogP contribution in [0.3, 0.4) is 0 Å². The van der Waals surface area contributed by atoms with E-state index in [0.29, 0.717) is 23.1 Å². The number of guanidine groups is 4. The molecule has 12 N–H and O–H groups in total. The second kappa shape index (κ2) is 18.7. The monoisotopic (exact) mass is 682 g/mol. The molecule has 0 spiro atoms. The van der Waals surface area contributed by atoms with Gasteiger partial charge < -0.3 is 33.6 Å². The van der Waals surface area contributed by atoms with Gasteiger partial charge in [0.2, 0.25) is 23.8 Å². The van der Waals surface area contributed by atoms with Crippen LogP contribution in [-0.2, 0) is 24.4 Å². The minimum absolute atomic E-state index is 0.124. The Morgan fingerprint density at radius 1 is 0.651 bits per heavy atom. The average Bonchev–Trinajstić information content (AvgIpc) is 2.86. The van der Waals surface area contributed by atoms with Gasteiger partial charge in [0.05, 0.1) is 0 Å². The molecule has 0 heterocycles. The number of hydrogen-bond acceptors (Lipinski definition) is 7. The highest BCUT2D eigenvalue weighted by Crippen LogP contribution is 2.13. The van der Waals surface area contributed by atoms with Gasteiger partial charge in [-0.1, -0.05) is 36.0 Å². The zero-order valence-electron chi connectivity index (χ0n) is 22.5. The molecule has 0 aliphatic carbocycles. The van der Waals surface area contributed by atoms with Gasteiger partial charge in [0.15, 0.2) is 0 Å². The molecular weight excluding hydrogens is 651 g/mol. The lowest BCUT2D eigenvalue weighted by Crippen LogP contribution is -2.26. The number of unbranched alkanes of at least 4 members (excludes halogenated alkanes) is 3. The van der Waals surface area contributed by atoms with Crippen LogP contribution >= 0.6 is 23.2 Å². The van der Waals surface area contributed by atoms with Crippen molar-refractivity contribution in [1.82, 2.24) is 0 Å². The lowest BCUT2D eigenvalue weighted by atomic mass is 10.2.